The van der Waals surface area contributed by atoms with E-state index in [0.717, 1.165) is 45.5 Å². The average molecular weight is 449 g/mol. The number of thiazole rings is 1. The van der Waals surface area contributed by atoms with Crippen LogP contribution in [-0.4, -0.2) is 35.7 Å². The molecule has 0 atom stereocenters. The van der Waals surface area contributed by atoms with Gasteiger partial charge in [-0.15, -0.1) is 11.3 Å². The third-order valence-electron chi connectivity index (χ3n) is 6.28. The summed E-state index contributed by atoms with van der Waals surface area (Å²) < 4.78 is 10.9. The summed E-state index contributed by atoms with van der Waals surface area (Å²) >= 11 is 1.60. The third kappa shape index (κ3) is 4.37. The van der Waals surface area contributed by atoms with Crippen molar-refractivity contribution in [2.24, 2.45) is 5.92 Å². The first kappa shape index (κ1) is 21.0. The Hall–Kier alpha value is -2.86. The molecule has 1 aliphatic carbocycles. The lowest BCUT2D eigenvalue weighted by Gasteiger charge is -2.22. The van der Waals surface area contributed by atoms with Crippen molar-refractivity contribution in [2.45, 2.75) is 40.0 Å². The van der Waals surface area contributed by atoms with Gasteiger partial charge in [0.25, 0.3) is 5.91 Å². The fourth-order valence-electron chi connectivity index (χ4n) is 4.05. The van der Waals surface area contributed by atoms with Crippen molar-refractivity contribution in [3.05, 3.63) is 63.8 Å². The van der Waals surface area contributed by atoms with Gasteiger partial charge < -0.3 is 14.4 Å². The number of nitrogens with zero attached hydrogens (tertiary/aromatic N) is 2. The second-order valence-electron chi connectivity index (χ2n) is 8.84. The molecule has 3 aromatic rings. The second-order valence-corrected chi connectivity index (χ2v) is 10.0. The maximum Gasteiger partial charge on any atom is 0.274 e. The van der Waals surface area contributed by atoms with Gasteiger partial charge in [0.15, 0.2) is 11.5 Å². The normalized spacial score (nSPS) is 14.6. The summed E-state index contributed by atoms with van der Waals surface area (Å²) in [5.41, 5.74) is 5.28. The fourth-order valence-corrected chi connectivity index (χ4v) is 4.96. The van der Waals surface area contributed by atoms with Crippen LogP contribution in [0, 0.1) is 26.7 Å². The Balaban J connectivity index is 1.39. The van der Waals surface area contributed by atoms with Gasteiger partial charge in [-0.25, -0.2) is 4.98 Å². The summed E-state index contributed by atoms with van der Waals surface area (Å²) in [6.07, 6.45) is 3.18. The number of carbonyl (C=O) groups excluding carboxylic acids is 1. The van der Waals surface area contributed by atoms with E-state index in [0.29, 0.717) is 18.2 Å². The lowest BCUT2D eigenvalue weighted by atomic mass is 10.0. The van der Waals surface area contributed by atoms with E-state index in [9.17, 15) is 4.79 Å². The molecule has 0 unspecified atom stereocenters. The zero-order valence-corrected chi connectivity index (χ0v) is 19.6. The van der Waals surface area contributed by atoms with E-state index in [1.165, 1.54) is 24.0 Å². The number of aryl methyl sites for hydroxylation is 3. The summed E-state index contributed by atoms with van der Waals surface area (Å²) in [4.78, 5) is 21.4. The summed E-state index contributed by atoms with van der Waals surface area (Å²) in [5, 5.41) is 0.920. The molecule has 0 radical (unpaired) electrons. The molecule has 0 saturated heterocycles. The van der Waals surface area contributed by atoms with E-state index >= 15 is 0 Å². The summed E-state index contributed by atoms with van der Waals surface area (Å²) in [5.74, 6) is 2.22. The molecule has 5 nitrogen and oxygen atoms in total. The first-order valence-corrected chi connectivity index (χ1v) is 12.0. The smallest absolute Gasteiger partial charge is 0.274 e. The van der Waals surface area contributed by atoms with E-state index in [2.05, 4.69) is 43.1 Å². The van der Waals surface area contributed by atoms with Crippen LogP contribution in [0.2, 0.25) is 0 Å². The van der Waals surface area contributed by atoms with Gasteiger partial charge in [0.1, 0.15) is 5.69 Å². The number of hydrogen-bond acceptors (Lipinski definition) is 5. The minimum atomic E-state index is 0.0372. The van der Waals surface area contributed by atoms with Gasteiger partial charge in [-0.2, -0.15) is 0 Å². The van der Waals surface area contributed by atoms with Crippen molar-refractivity contribution in [2.75, 3.05) is 19.9 Å². The highest BCUT2D eigenvalue weighted by atomic mass is 32.1. The maximum absolute atomic E-state index is 13.7. The standard InChI is InChI=1S/C26H28N2O3S/c1-16-4-8-21(12-17(16)2)25-24(27-18(3)32-25)26(29)28(14-20-5-6-20)11-10-19-7-9-22-23(13-19)31-15-30-22/h4,7-9,12-13,20H,5-6,10-11,14-15H2,1-3H3. The Labute approximate surface area is 193 Å². The number of ether oxygens (including phenoxy) is 2. The number of benzene rings is 2. The van der Waals surface area contributed by atoms with Crippen LogP contribution in [0.4, 0.5) is 0 Å². The molecule has 6 heteroatoms. The molecular formula is C26H28N2O3S. The van der Waals surface area contributed by atoms with E-state index < -0.39 is 0 Å². The quantitative estimate of drug-likeness (QED) is 0.475. The Morgan fingerprint density at radius 2 is 1.88 bits per heavy atom. The number of amides is 1. The van der Waals surface area contributed by atoms with Crippen LogP contribution in [0.25, 0.3) is 10.4 Å². The lowest BCUT2D eigenvalue weighted by molar-refractivity contribution is 0.0745. The third-order valence-corrected chi connectivity index (χ3v) is 7.30. The van der Waals surface area contributed by atoms with Crippen molar-refractivity contribution in [1.29, 1.82) is 0 Å². The number of rotatable bonds is 7. The van der Waals surface area contributed by atoms with Gasteiger partial charge in [-0.05, 0) is 80.3 Å². The van der Waals surface area contributed by atoms with Crippen molar-refractivity contribution in [1.82, 2.24) is 9.88 Å². The molecule has 2 aliphatic rings. The predicted molar refractivity (Wildman–Crippen MR) is 127 cm³/mol. The van der Waals surface area contributed by atoms with Gasteiger partial charge in [-0.1, -0.05) is 24.3 Å². The highest BCUT2D eigenvalue weighted by molar-refractivity contribution is 7.15. The first-order chi connectivity index (χ1) is 15.5. The highest BCUT2D eigenvalue weighted by Crippen LogP contribution is 2.35. The van der Waals surface area contributed by atoms with Gasteiger partial charge >= 0.3 is 0 Å². The van der Waals surface area contributed by atoms with Crippen LogP contribution in [0.5, 0.6) is 11.5 Å². The monoisotopic (exact) mass is 448 g/mol. The fraction of sp³-hybridized carbons (Fsp3) is 0.385. The van der Waals surface area contributed by atoms with Crippen LogP contribution in [0.3, 0.4) is 0 Å². The molecule has 1 saturated carbocycles. The number of carbonyl (C=O) groups is 1. The Kier molecular flexibility index (Phi) is 5.64. The van der Waals surface area contributed by atoms with Crippen molar-refractivity contribution >= 4 is 17.2 Å². The molecule has 1 fully saturated rings. The summed E-state index contributed by atoms with van der Waals surface area (Å²) in [6, 6.07) is 12.4. The molecule has 5 rings (SSSR count). The maximum atomic E-state index is 13.7. The lowest BCUT2D eigenvalue weighted by Crippen LogP contribution is -2.35. The Morgan fingerprint density at radius 1 is 1.06 bits per heavy atom. The van der Waals surface area contributed by atoms with Crippen LogP contribution in [0.15, 0.2) is 36.4 Å². The molecule has 1 amide bonds. The minimum Gasteiger partial charge on any atom is -0.454 e. The molecule has 166 valence electrons. The van der Waals surface area contributed by atoms with E-state index in [1.807, 2.05) is 24.0 Å². The predicted octanol–water partition coefficient (Wildman–Crippen LogP) is 5.56. The number of aromatic nitrogens is 1. The molecule has 2 aromatic carbocycles. The molecule has 0 N–H and O–H groups in total. The van der Waals surface area contributed by atoms with Crippen molar-refractivity contribution in [3.8, 4) is 21.9 Å². The molecule has 1 aliphatic heterocycles. The topological polar surface area (TPSA) is 51.7 Å². The van der Waals surface area contributed by atoms with Crippen molar-refractivity contribution < 1.29 is 14.3 Å². The van der Waals surface area contributed by atoms with Gasteiger partial charge in [0.2, 0.25) is 6.79 Å². The van der Waals surface area contributed by atoms with Gasteiger partial charge in [0.05, 0.1) is 9.88 Å². The molecule has 1 aromatic heterocycles. The van der Waals surface area contributed by atoms with Crippen LogP contribution >= 0.6 is 11.3 Å². The SMILES string of the molecule is Cc1nc(C(=O)N(CCc2ccc3c(c2)OCO3)CC2CC2)c(-c2ccc(C)c(C)c2)s1. The van der Waals surface area contributed by atoms with Crippen LogP contribution in [-0.2, 0) is 6.42 Å². The zero-order chi connectivity index (χ0) is 22.2. The molecule has 32 heavy (non-hydrogen) atoms. The summed E-state index contributed by atoms with van der Waals surface area (Å²) in [6.45, 7) is 7.93. The molecular weight excluding hydrogens is 420 g/mol. The zero-order valence-electron chi connectivity index (χ0n) is 18.8. The minimum absolute atomic E-state index is 0.0372. The van der Waals surface area contributed by atoms with Gasteiger partial charge in [0, 0.05) is 13.1 Å². The van der Waals surface area contributed by atoms with Crippen LogP contribution < -0.4 is 9.47 Å². The highest BCUT2D eigenvalue weighted by Gasteiger charge is 2.30. The van der Waals surface area contributed by atoms with Gasteiger partial charge in [-0.3, -0.25) is 4.79 Å². The largest absolute Gasteiger partial charge is 0.454 e. The van der Waals surface area contributed by atoms with E-state index in [-0.39, 0.29) is 12.7 Å². The second kappa shape index (κ2) is 8.58. The molecule has 0 spiro atoms. The average Bonchev–Trinajstić information content (AvgIpc) is 3.33. The Morgan fingerprint density at radius 3 is 2.66 bits per heavy atom. The Bertz CT molecular complexity index is 1170. The van der Waals surface area contributed by atoms with E-state index in [4.69, 9.17) is 9.47 Å². The number of fused-ring (bicyclic) bond motifs is 1. The van der Waals surface area contributed by atoms with Crippen LogP contribution in [0.1, 0.15) is 45.0 Å². The molecule has 2 heterocycles. The molecule has 0 bridgehead atoms. The first-order valence-electron chi connectivity index (χ1n) is 11.2. The summed E-state index contributed by atoms with van der Waals surface area (Å²) in [7, 11) is 0. The van der Waals surface area contributed by atoms with Crippen molar-refractivity contribution in [3.63, 3.8) is 0 Å². The number of hydrogen-bond donors (Lipinski definition) is 0. The van der Waals surface area contributed by atoms with E-state index in [1.54, 1.807) is 11.3 Å².